The van der Waals surface area contributed by atoms with Crippen molar-refractivity contribution in [2.45, 2.75) is 72.6 Å². The normalized spacial score (nSPS) is 13.0. The van der Waals surface area contributed by atoms with E-state index in [1.807, 2.05) is 45.9 Å². The van der Waals surface area contributed by atoms with E-state index in [-0.39, 0.29) is 0 Å². The number of amides is 1. The fraction of sp³-hybridized carbons (Fsp3) is 0.579. The number of carbonyl (C=O) groups excluding carboxylic acids is 1. The van der Waals surface area contributed by atoms with Crippen LogP contribution in [0, 0.1) is 25.2 Å². The minimum Gasteiger partial charge on any atom is -0.444 e. The van der Waals surface area contributed by atoms with E-state index in [0.29, 0.717) is 6.42 Å². The lowest BCUT2D eigenvalue weighted by molar-refractivity contribution is 0.0458. The van der Waals surface area contributed by atoms with Gasteiger partial charge in [0.25, 0.3) is 0 Å². The van der Waals surface area contributed by atoms with Crippen LogP contribution in [0.3, 0.4) is 0 Å². The van der Waals surface area contributed by atoms with Gasteiger partial charge >= 0.3 is 6.09 Å². The Bertz CT molecular complexity index is 551. The number of aliphatic hydroxyl groups is 1. The van der Waals surface area contributed by atoms with E-state index in [4.69, 9.17) is 10.00 Å². The lowest BCUT2D eigenvalue weighted by Crippen LogP contribution is -2.46. The van der Waals surface area contributed by atoms with Crippen LogP contribution < -0.4 is 5.32 Å². The maximum Gasteiger partial charge on any atom is 0.408 e. The van der Waals surface area contributed by atoms with Crippen LogP contribution in [0.4, 0.5) is 4.79 Å². The van der Waals surface area contributed by atoms with E-state index in [9.17, 15) is 9.90 Å². The average molecular weight is 334 g/mol. The van der Waals surface area contributed by atoms with Crippen molar-refractivity contribution < 1.29 is 14.6 Å². The highest BCUT2D eigenvalue weighted by Crippen LogP contribution is 2.13. The molecule has 2 unspecified atom stereocenters. The lowest BCUT2D eigenvalue weighted by Gasteiger charge is -2.24. The van der Waals surface area contributed by atoms with E-state index < -0.39 is 23.8 Å². The molecular weight excluding hydrogens is 304 g/mol. The Kier molecular flexibility index (Phi) is 9.09. The SMILES string of the molecule is CC.Cc1cc(C)cc(CC(NC(=O)OC(C)(C)C)C(O)C#N)c1. The summed E-state index contributed by atoms with van der Waals surface area (Å²) in [5.41, 5.74) is 2.51. The molecule has 0 fully saturated rings. The Morgan fingerprint density at radius 1 is 1.25 bits per heavy atom. The van der Waals surface area contributed by atoms with Crippen LogP contribution in [-0.4, -0.2) is 28.9 Å². The third kappa shape index (κ3) is 8.54. The summed E-state index contributed by atoms with van der Waals surface area (Å²) in [6.45, 7) is 13.2. The van der Waals surface area contributed by atoms with E-state index in [2.05, 4.69) is 5.32 Å². The van der Waals surface area contributed by atoms with Crippen LogP contribution >= 0.6 is 0 Å². The molecule has 0 saturated carbocycles. The summed E-state index contributed by atoms with van der Waals surface area (Å²) in [5.74, 6) is 0. The molecule has 24 heavy (non-hydrogen) atoms. The monoisotopic (exact) mass is 334 g/mol. The number of alkyl carbamates (subject to hydrolysis) is 1. The first-order chi connectivity index (χ1) is 11.1. The zero-order valence-electron chi connectivity index (χ0n) is 15.8. The van der Waals surface area contributed by atoms with Crippen LogP contribution in [0.1, 0.15) is 51.3 Å². The van der Waals surface area contributed by atoms with Crippen molar-refractivity contribution in [3.05, 3.63) is 34.9 Å². The second kappa shape index (κ2) is 9.94. The van der Waals surface area contributed by atoms with Gasteiger partial charge in [-0.25, -0.2) is 4.79 Å². The number of hydrogen-bond donors (Lipinski definition) is 2. The molecule has 134 valence electrons. The molecule has 0 saturated heterocycles. The number of nitriles is 1. The second-order valence-corrected chi connectivity index (χ2v) is 6.53. The Labute approximate surface area is 145 Å². The number of hydrogen-bond acceptors (Lipinski definition) is 4. The van der Waals surface area contributed by atoms with Gasteiger partial charge in [0.2, 0.25) is 0 Å². The zero-order valence-corrected chi connectivity index (χ0v) is 15.8. The maximum atomic E-state index is 11.9. The average Bonchev–Trinajstić information content (AvgIpc) is 2.44. The molecule has 5 heteroatoms. The largest absolute Gasteiger partial charge is 0.444 e. The summed E-state index contributed by atoms with van der Waals surface area (Å²) in [4.78, 5) is 11.9. The van der Waals surface area contributed by atoms with E-state index >= 15 is 0 Å². The summed E-state index contributed by atoms with van der Waals surface area (Å²) in [6.07, 6.45) is -1.58. The standard InChI is InChI=1S/C17H24N2O3.C2H6/c1-11-6-12(2)8-13(7-11)9-14(15(20)10-18)19-16(21)22-17(3,4)5;1-2/h6-8,14-15,20H,9H2,1-5H3,(H,19,21);1-2H3. The van der Waals surface area contributed by atoms with Crippen LogP contribution in [0.25, 0.3) is 0 Å². The number of nitrogens with zero attached hydrogens (tertiary/aromatic N) is 1. The van der Waals surface area contributed by atoms with Gasteiger partial charge in [0.1, 0.15) is 5.60 Å². The van der Waals surface area contributed by atoms with Crippen molar-refractivity contribution in [2.75, 3.05) is 0 Å². The smallest absolute Gasteiger partial charge is 0.408 e. The molecule has 0 aromatic heterocycles. The first-order valence-electron chi connectivity index (χ1n) is 8.25. The van der Waals surface area contributed by atoms with Crippen molar-refractivity contribution in [1.82, 2.24) is 5.32 Å². The Hall–Kier alpha value is -2.06. The van der Waals surface area contributed by atoms with Crippen LogP contribution in [-0.2, 0) is 11.2 Å². The van der Waals surface area contributed by atoms with Gasteiger partial charge in [-0.3, -0.25) is 0 Å². The zero-order chi connectivity index (χ0) is 18.9. The van der Waals surface area contributed by atoms with Crippen molar-refractivity contribution in [3.8, 4) is 6.07 Å². The molecule has 0 spiro atoms. The van der Waals surface area contributed by atoms with Crippen molar-refractivity contribution in [1.29, 1.82) is 5.26 Å². The summed E-state index contributed by atoms with van der Waals surface area (Å²) < 4.78 is 5.18. The first kappa shape index (κ1) is 21.9. The molecular formula is C19H30N2O3. The number of benzene rings is 1. The minimum atomic E-state index is -1.30. The van der Waals surface area contributed by atoms with Gasteiger partial charge in [0.15, 0.2) is 6.10 Å². The first-order valence-corrected chi connectivity index (χ1v) is 8.25. The van der Waals surface area contributed by atoms with Gasteiger partial charge < -0.3 is 15.2 Å². The number of nitrogens with one attached hydrogen (secondary N) is 1. The van der Waals surface area contributed by atoms with Crippen LogP contribution in [0.2, 0.25) is 0 Å². The lowest BCUT2D eigenvalue weighted by atomic mass is 9.98. The topological polar surface area (TPSA) is 82.3 Å². The van der Waals surface area contributed by atoms with Gasteiger partial charge in [-0.05, 0) is 46.6 Å². The van der Waals surface area contributed by atoms with Gasteiger partial charge in [-0.2, -0.15) is 5.26 Å². The fourth-order valence-corrected chi connectivity index (χ4v) is 2.23. The molecule has 0 radical (unpaired) electrons. The maximum absolute atomic E-state index is 11.9. The van der Waals surface area contributed by atoms with Crippen LogP contribution in [0.5, 0.6) is 0 Å². The van der Waals surface area contributed by atoms with Crippen molar-refractivity contribution in [3.63, 3.8) is 0 Å². The fourth-order valence-electron chi connectivity index (χ4n) is 2.23. The van der Waals surface area contributed by atoms with Crippen molar-refractivity contribution in [2.24, 2.45) is 0 Å². The molecule has 2 atom stereocenters. The molecule has 1 aromatic rings. The van der Waals surface area contributed by atoms with Gasteiger partial charge in [-0.15, -0.1) is 0 Å². The summed E-state index contributed by atoms with van der Waals surface area (Å²) in [6, 6.07) is 7.04. The number of rotatable bonds is 4. The molecule has 5 nitrogen and oxygen atoms in total. The molecule has 1 amide bonds. The molecule has 2 N–H and O–H groups in total. The third-order valence-electron chi connectivity index (χ3n) is 2.95. The number of ether oxygens (including phenoxy) is 1. The van der Waals surface area contributed by atoms with Gasteiger partial charge in [0, 0.05) is 0 Å². The molecule has 1 rings (SSSR count). The molecule has 0 heterocycles. The Balaban J connectivity index is 0.00000254. The predicted molar refractivity (Wildman–Crippen MR) is 95.7 cm³/mol. The summed E-state index contributed by atoms with van der Waals surface area (Å²) in [5, 5.41) is 21.4. The van der Waals surface area contributed by atoms with Crippen molar-refractivity contribution >= 4 is 6.09 Å². The van der Waals surface area contributed by atoms with E-state index in [1.165, 1.54) is 0 Å². The quantitative estimate of drug-likeness (QED) is 0.823. The van der Waals surface area contributed by atoms with E-state index in [1.54, 1.807) is 26.8 Å². The number of aliphatic hydroxyl groups excluding tert-OH is 1. The molecule has 1 aromatic carbocycles. The minimum absolute atomic E-state index is 0.358. The number of aryl methyl sites for hydroxylation is 2. The van der Waals surface area contributed by atoms with Crippen LogP contribution in [0.15, 0.2) is 18.2 Å². The Morgan fingerprint density at radius 2 is 1.75 bits per heavy atom. The predicted octanol–water partition coefficient (Wildman–Crippen LogP) is 3.65. The van der Waals surface area contributed by atoms with E-state index in [0.717, 1.165) is 16.7 Å². The second-order valence-electron chi connectivity index (χ2n) is 6.53. The highest BCUT2D eigenvalue weighted by Gasteiger charge is 2.24. The molecule has 0 aliphatic heterocycles. The third-order valence-corrected chi connectivity index (χ3v) is 2.95. The summed E-state index contributed by atoms with van der Waals surface area (Å²) >= 11 is 0. The molecule has 0 aliphatic rings. The van der Waals surface area contributed by atoms with Gasteiger partial charge in [-0.1, -0.05) is 43.2 Å². The Morgan fingerprint density at radius 3 is 2.17 bits per heavy atom. The highest BCUT2D eigenvalue weighted by atomic mass is 16.6. The molecule has 0 bridgehead atoms. The number of carbonyl (C=O) groups is 1. The summed E-state index contributed by atoms with van der Waals surface area (Å²) in [7, 11) is 0. The highest BCUT2D eigenvalue weighted by molar-refractivity contribution is 5.68. The van der Waals surface area contributed by atoms with Gasteiger partial charge in [0.05, 0.1) is 12.1 Å². The molecule has 0 aliphatic carbocycles.